The number of nitrogen functional groups attached to an aromatic ring is 1. The molecule has 0 saturated heterocycles. The van der Waals surface area contributed by atoms with Gasteiger partial charge in [-0.3, -0.25) is 9.69 Å². The van der Waals surface area contributed by atoms with Gasteiger partial charge in [0, 0.05) is 17.8 Å². The highest BCUT2D eigenvalue weighted by atomic mass is 16.2. The molecule has 4 nitrogen and oxygen atoms in total. The molecule has 0 aliphatic heterocycles. The van der Waals surface area contributed by atoms with E-state index in [1.807, 2.05) is 32.2 Å². The van der Waals surface area contributed by atoms with Crippen LogP contribution in [-0.4, -0.2) is 29.9 Å². The van der Waals surface area contributed by atoms with Crippen molar-refractivity contribution in [1.29, 1.82) is 0 Å². The number of hydrogen-bond acceptors (Lipinski definition) is 3. The first-order chi connectivity index (χ1) is 9.99. The number of benzene rings is 1. The summed E-state index contributed by atoms with van der Waals surface area (Å²) in [5, 5.41) is 3.17. The van der Waals surface area contributed by atoms with Crippen molar-refractivity contribution in [3.05, 3.63) is 29.8 Å². The topological polar surface area (TPSA) is 58.4 Å². The fraction of sp³-hybridized carbons (Fsp3) is 0.588. The molecule has 116 valence electrons. The standard InChI is InChI=1S/C17H27N3O/c1-12(14-7-6-8-15(18)11-14)20(3)13(2)17(21)19-16-9-4-5-10-16/h6-8,11-13,16H,4-5,9-10,18H2,1-3H3,(H,19,21). The largest absolute Gasteiger partial charge is 0.399 e. The molecule has 1 aliphatic rings. The van der Waals surface area contributed by atoms with Crippen LogP contribution in [0.15, 0.2) is 24.3 Å². The van der Waals surface area contributed by atoms with Gasteiger partial charge in [-0.15, -0.1) is 0 Å². The summed E-state index contributed by atoms with van der Waals surface area (Å²) < 4.78 is 0. The molecule has 4 heteroatoms. The molecule has 0 heterocycles. The van der Waals surface area contributed by atoms with Crippen LogP contribution in [0.1, 0.15) is 51.1 Å². The normalized spacial score (nSPS) is 18.7. The van der Waals surface area contributed by atoms with E-state index in [1.54, 1.807) is 0 Å². The molecule has 3 N–H and O–H groups in total. The number of anilines is 1. The van der Waals surface area contributed by atoms with Gasteiger partial charge in [0.2, 0.25) is 5.91 Å². The monoisotopic (exact) mass is 289 g/mol. The average molecular weight is 289 g/mol. The second-order valence-corrected chi connectivity index (χ2v) is 6.18. The van der Waals surface area contributed by atoms with E-state index < -0.39 is 0 Å². The van der Waals surface area contributed by atoms with Crippen LogP contribution in [-0.2, 0) is 4.79 Å². The Morgan fingerprint density at radius 3 is 2.62 bits per heavy atom. The molecule has 1 amide bonds. The van der Waals surface area contributed by atoms with Crippen molar-refractivity contribution in [3.8, 4) is 0 Å². The summed E-state index contributed by atoms with van der Waals surface area (Å²) in [5.74, 6) is 0.125. The zero-order valence-corrected chi connectivity index (χ0v) is 13.3. The van der Waals surface area contributed by atoms with E-state index in [1.165, 1.54) is 12.8 Å². The van der Waals surface area contributed by atoms with Gasteiger partial charge in [-0.25, -0.2) is 0 Å². The third-order valence-corrected chi connectivity index (χ3v) is 4.70. The van der Waals surface area contributed by atoms with Gasteiger partial charge in [0.15, 0.2) is 0 Å². The number of amides is 1. The maximum atomic E-state index is 12.4. The molecule has 0 spiro atoms. The lowest BCUT2D eigenvalue weighted by Gasteiger charge is -2.31. The Morgan fingerprint density at radius 2 is 2.00 bits per heavy atom. The quantitative estimate of drug-likeness (QED) is 0.819. The van der Waals surface area contributed by atoms with Crippen LogP contribution in [0.5, 0.6) is 0 Å². The number of carbonyl (C=O) groups is 1. The van der Waals surface area contributed by atoms with Gasteiger partial charge in [0.05, 0.1) is 6.04 Å². The Hall–Kier alpha value is -1.55. The highest BCUT2D eigenvalue weighted by Gasteiger charge is 2.26. The van der Waals surface area contributed by atoms with Crippen molar-refractivity contribution in [1.82, 2.24) is 10.2 Å². The van der Waals surface area contributed by atoms with Crippen LogP contribution in [0, 0.1) is 0 Å². The minimum absolute atomic E-state index is 0.125. The smallest absolute Gasteiger partial charge is 0.237 e. The number of rotatable bonds is 5. The van der Waals surface area contributed by atoms with Crippen molar-refractivity contribution >= 4 is 11.6 Å². The molecule has 0 radical (unpaired) electrons. The van der Waals surface area contributed by atoms with Crippen molar-refractivity contribution in [2.75, 3.05) is 12.8 Å². The molecule has 2 unspecified atom stereocenters. The van der Waals surface area contributed by atoms with Gasteiger partial charge in [-0.1, -0.05) is 25.0 Å². The first-order valence-electron chi connectivity index (χ1n) is 7.87. The number of nitrogens with zero attached hydrogens (tertiary/aromatic N) is 1. The summed E-state index contributed by atoms with van der Waals surface area (Å²) in [6.07, 6.45) is 4.70. The predicted molar refractivity (Wildman–Crippen MR) is 86.9 cm³/mol. The van der Waals surface area contributed by atoms with Crippen molar-refractivity contribution < 1.29 is 4.79 Å². The van der Waals surface area contributed by atoms with Gasteiger partial charge < -0.3 is 11.1 Å². The van der Waals surface area contributed by atoms with Crippen LogP contribution >= 0.6 is 0 Å². The third-order valence-electron chi connectivity index (χ3n) is 4.70. The number of nitrogens with two attached hydrogens (primary N) is 1. The molecule has 2 rings (SSSR count). The Balaban J connectivity index is 1.97. The molecule has 2 atom stereocenters. The van der Waals surface area contributed by atoms with Gasteiger partial charge in [-0.2, -0.15) is 0 Å². The molecule has 1 aromatic carbocycles. The average Bonchev–Trinajstić information content (AvgIpc) is 2.97. The fourth-order valence-corrected chi connectivity index (χ4v) is 2.97. The maximum absolute atomic E-state index is 12.4. The van der Waals surface area contributed by atoms with Crippen molar-refractivity contribution in [3.63, 3.8) is 0 Å². The Morgan fingerprint density at radius 1 is 1.33 bits per heavy atom. The lowest BCUT2D eigenvalue weighted by molar-refractivity contribution is -0.126. The molecule has 21 heavy (non-hydrogen) atoms. The summed E-state index contributed by atoms with van der Waals surface area (Å²) in [6, 6.07) is 8.24. The van der Waals surface area contributed by atoms with E-state index >= 15 is 0 Å². The maximum Gasteiger partial charge on any atom is 0.237 e. The first kappa shape index (κ1) is 15.8. The van der Waals surface area contributed by atoms with E-state index in [0.717, 1.165) is 24.1 Å². The number of carbonyl (C=O) groups excluding carboxylic acids is 1. The summed E-state index contributed by atoms with van der Waals surface area (Å²) >= 11 is 0. The van der Waals surface area contributed by atoms with Crippen LogP contribution in [0.25, 0.3) is 0 Å². The van der Waals surface area contributed by atoms with Gasteiger partial charge in [0.25, 0.3) is 0 Å². The first-order valence-corrected chi connectivity index (χ1v) is 7.87. The molecule has 1 aromatic rings. The van der Waals surface area contributed by atoms with E-state index in [0.29, 0.717) is 6.04 Å². The molecule has 0 bridgehead atoms. The van der Waals surface area contributed by atoms with Crippen molar-refractivity contribution in [2.24, 2.45) is 0 Å². The summed E-state index contributed by atoms with van der Waals surface area (Å²) in [4.78, 5) is 14.5. The summed E-state index contributed by atoms with van der Waals surface area (Å²) in [7, 11) is 1.99. The second-order valence-electron chi connectivity index (χ2n) is 6.18. The zero-order valence-electron chi connectivity index (χ0n) is 13.3. The van der Waals surface area contributed by atoms with E-state index in [4.69, 9.17) is 5.73 Å². The van der Waals surface area contributed by atoms with E-state index in [2.05, 4.69) is 23.2 Å². The minimum Gasteiger partial charge on any atom is -0.399 e. The summed E-state index contributed by atoms with van der Waals surface area (Å²) in [5.41, 5.74) is 7.74. The van der Waals surface area contributed by atoms with E-state index in [-0.39, 0.29) is 18.0 Å². The number of nitrogens with one attached hydrogen (secondary N) is 1. The number of likely N-dealkylation sites (N-methyl/N-ethyl adjacent to an activating group) is 1. The van der Waals surface area contributed by atoms with Crippen LogP contribution < -0.4 is 11.1 Å². The SMILES string of the molecule is CC(C(=O)NC1CCCC1)N(C)C(C)c1cccc(N)c1. The minimum atomic E-state index is -0.151. The lowest BCUT2D eigenvalue weighted by Crippen LogP contribution is -2.47. The molecule has 1 fully saturated rings. The Bertz CT molecular complexity index is 483. The third kappa shape index (κ3) is 3.97. The van der Waals surface area contributed by atoms with Crippen LogP contribution in [0.4, 0.5) is 5.69 Å². The number of hydrogen-bond donors (Lipinski definition) is 2. The van der Waals surface area contributed by atoms with Crippen LogP contribution in [0.3, 0.4) is 0 Å². The summed E-state index contributed by atoms with van der Waals surface area (Å²) in [6.45, 7) is 4.07. The fourth-order valence-electron chi connectivity index (χ4n) is 2.97. The predicted octanol–water partition coefficient (Wildman–Crippen LogP) is 2.71. The highest BCUT2D eigenvalue weighted by molar-refractivity contribution is 5.81. The van der Waals surface area contributed by atoms with Gasteiger partial charge in [0.1, 0.15) is 0 Å². The Kier molecular flexibility index (Phi) is 5.23. The molecular weight excluding hydrogens is 262 g/mol. The second kappa shape index (κ2) is 6.94. The van der Waals surface area contributed by atoms with E-state index in [9.17, 15) is 4.79 Å². The Labute approximate surface area is 127 Å². The lowest BCUT2D eigenvalue weighted by atomic mass is 10.0. The van der Waals surface area contributed by atoms with Gasteiger partial charge in [-0.05, 0) is 51.4 Å². The highest BCUT2D eigenvalue weighted by Crippen LogP contribution is 2.23. The van der Waals surface area contributed by atoms with Gasteiger partial charge >= 0.3 is 0 Å². The zero-order chi connectivity index (χ0) is 15.4. The molecule has 1 saturated carbocycles. The molecular formula is C17H27N3O. The van der Waals surface area contributed by atoms with Crippen molar-refractivity contribution in [2.45, 2.75) is 57.7 Å². The van der Waals surface area contributed by atoms with Crippen LogP contribution in [0.2, 0.25) is 0 Å². The molecule has 1 aliphatic carbocycles. The molecule has 0 aromatic heterocycles.